The third-order valence-electron chi connectivity index (χ3n) is 4.11. The van der Waals surface area contributed by atoms with Crippen LogP contribution in [0.3, 0.4) is 0 Å². The maximum atomic E-state index is 12.2. The molecule has 3 aromatic rings. The first-order chi connectivity index (χ1) is 13.0. The lowest BCUT2D eigenvalue weighted by atomic mass is 10.2. The van der Waals surface area contributed by atoms with E-state index in [1.807, 2.05) is 54.0 Å². The molecule has 6 nitrogen and oxygen atoms in total. The highest BCUT2D eigenvalue weighted by Gasteiger charge is 2.11. The number of aromatic nitrogens is 2. The number of ether oxygens (including phenoxy) is 2. The molecule has 1 heterocycles. The molecule has 7 heteroatoms. The van der Waals surface area contributed by atoms with Crippen molar-refractivity contribution in [2.24, 2.45) is 0 Å². The zero-order valence-corrected chi connectivity index (χ0v) is 16.1. The summed E-state index contributed by atoms with van der Waals surface area (Å²) in [4.78, 5) is 16.3. The predicted molar refractivity (Wildman–Crippen MR) is 107 cm³/mol. The van der Waals surface area contributed by atoms with Gasteiger partial charge in [-0.3, -0.25) is 4.79 Å². The molecule has 0 aliphatic rings. The molecular weight excluding hydrogens is 366 g/mol. The number of halogens is 1. The SMILES string of the molecule is COc1ccc(Nc2nc(=O)c(OC)cn2Cc2cccc(Cl)c2)c(C)c1. The van der Waals surface area contributed by atoms with Gasteiger partial charge >= 0.3 is 5.56 Å². The average molecular weight is 386 g/mol. The van der Waals surface area contributed by atoms with Crippen LogP contribution >= 0.6 is 11.6 Å². The van der Waals surface area contributed by atoms with Gasteiger partial charge in [-0.1, -0.05) is 23.7 Å². The number of nitrogens with one attached hydrogen (secondary N) is 1. The monoisotopic (exact) mass is 385 g/mol. The van der Waals surface area contributed by atoms with E-state index in [2.05, 4.69) is 10.3 Å². The van der Waals surface area contributed by atoms with Crippen molar-refractivity contribution in [3.63, 3.8) is 0 Å². The molecule has 0 amide bonds. The molecule has 0 saturated heterocycles. The van der Waals surface area contributed by atoms with E-state index in [1.54, 1.807) is 13.3 Å². The van der Waals surface area contributed by atoms with Crippen LogP contribution in [0.5, 0.6) is 11.5 Å². The Morgan fingerprint density at radius 2 is 1.96 bits per heavy atom. The molecule has 0 aliphatic carbocycles. The van der Waals surface area contributed by atoms with Crippen molar-refractivity contribution in [3.05, 3.63) is 75.2 Å². The van der Waals surface area contributed by atoms with Crippen molar-refractivity contribution in [3.8, 4) is 11.5 Å². The Kier molecular flexibility index (Phi) is 5.66. The molecule has 1 N–H and O–H groups in total. The zero-order chi connectivity index (χ0) is 19.4. The molecule has 0 saturated carbocycles. The molecule has 0 aliphatic heterocycles. The Balaban J connectivity index is 2.00. The van der Waals surface area contributed by atoms with Crippen LogP contribution < -0.4 is 20.3 Å². The Morgan fingerprint density at radius 1 is 1.15 bits per heavy atom. The van der Waals surface area contributed by atoms with E-state index in [9.17, 15) is 4.79 Å². The number of hydrogen-bond acceptors (Lipinski definition) is 5. The highest BCUT2D eigenvalue weighted by Crippen LogP contribution is 2.24. The summed E-state index contributed by atoms with van der Waals surface area (Å²) in [5.41, 5.74) is 2.33. The summed E-state index contributed by atoms with van der Waals surface area (Å²) in [7, 11) is 3.07. The highest BCUT2D eigenvalue weighted by atomic mass is 35.5. The Bertz CT molecular complexity index is 1020. The molecule has 3 rings (SSSR count). The molecule has 2 aromatic carbocycles. The molecule has 0 unspecified atom stereocenters. The van der Waals surface area contributed by atoms with E-state index >= 15 is 0 Å². The summed E-state index contributed by atoms with van der Waals surface area (Å²) in [6.07, 6.45) is 1.64. The standard InChI is InChI=1S/C20H20ClN3O3/c1-13-9-16(26-2)7-8-17(13)22-20-23-19(25)18(27-3)12-24(20)11-14-5-4-6-15(21)10-14/h4-10,12H,11H2,1-3H3,(H,22,23,25). The zero-order valence-electron chi connectivity index (χ0n) is 15.3. The van der Waals surface area contributed by atoms with Crippen LogP contribution in [0.1, 0.15) is 11.1 Å². The van der Waals surface area contributed by atoms with Crippen LogP contribution in [-0.4, -0.2) is 23.8 Å². The number of benzene rings is 2. The lowest BCUT2D eigenvalue weighted by Crippen LogP contribution is -2.19. The largest absolute Gasteiger partial charge is 0.497 e. The fraction of sp³-hybridized carbons (Fsp3) is 0.200. The van der Waals surface area contributed by atoms with E-state index in [0.29, 0.717) is 17.5 Å². The molecule has 27 heavy (non-hydrogen) atoms. The number of methoxy groups -OCH3 is 2. The third kappa shape index (κ3) is 4.41. The van der Waals surface area contributed by atoms with Gasteiger partial charge in [-0.2, -0.15) is 4.98 Å². The molecular formula is C20H20ClN3O3. The lowest BCUT2D eigenvalue weighted by Gasteiger charge is -2.17. The first kappa shape index (κ1) is 18.8. The quantitative estimate of drug-likeness (QED) is 0.694. The summed E-state index contributed by atoms with van der Waals surface area (Å²) in [6.45, 7) is 2.43. The number of aryl methyl sites for hydroxylation is 1. The topological polar surface area (TPSA) is 65.4 Å². The van der Waals surface area contributed by atoms with Gasteiger partial charge < -0.3 is 19.4 Å². The summed E-state index contributed by atoms with van der Waals surface area (Å²) in [5, 5.41) is 3.87. The van der Waals surface area contributed by atoms with Crippen molar-refractivity contribution in [1.29, 1.82) is 0 Å². The first-order valence-corrected chi connectivity index (χ1v) is 8.69. The maximum Gasteiger partial charge on any atom is 0.316 e. The minimum absolute atomic E-state index is 0.175. The van der Waals surface area contributed by atoms with Gasteiger partial charge in [0, 0.05) is 10.7 Å². The molecule has 1 aromatic heterocycles. The van der Waals surface area contributed by atoms with Crippen LogP contribution in [0.25, 0.3) is 0 Å². The lowest BCUT2D eigenvalue weighted by molar-refractivity contribution is 0.402. The van der Waals surface area contributed by atoms with Gasteiger partial charge in [0.25, 0.3) is 0 Å². The fourth-order valence-corrected chi connectivity index (χ4v) is 2.90. The van der Waals surface area contributed by atoms with E-state index in [1.165, 1.54) is 7.11 Å². The Hall–Kier alpha value is -2.99. The van der Waals surface area contributed by atoms with Gasteiger partial charge in [0.05, 0.1) is 27.0 Å². The van der Waals surface area contributed by atoms with Crippen LogP contribution in [0.4, 0.5) is 11.6 Å². The molecule has 0 atom stereocenters. The average Bonchev–Trinajstić information content (AvgIpc) is 2.65. The Labute approximate surface area is 162 Å². The minimum Gasteiger partial charge on any atom is -0.497 e. The number of anilines is 2. The van der Waals surface area contributed by atoms with Crippen molar-refractivity contribution in [1.82, 2.24) is 9.55 Å². The third-order valence-corrected chi connectivity index (χ3v) is 4.34. The molecule has 0 fully saturated rings. The second kappa shape index (κ2) is 8.14. The minimum atomic E-state index is -0.437. The molecule has 140 valence electrons. The summed E-state index contributed by atoms with van der Waals surface area (Å²) >= 11 is 6.09. The van der Waals surface area contributed by atoms with Crippen LogP contribution in [-0.2, 0) is 6.54 Å². The molecule has 0 radical (unpaired) electrons. The Morgan fingerprint density at radius 3 is 2.63 bits per heavy atom. The van der Waals surface area contributed by atoms with Crippen molar-refractivity contribution in [2.75, 3.05) is 19.5 Å². The number of nitrogens with zero attached hydrogens (tertiary/aromatic N) is 2. The van der Waals surface area contributed by atoms with Gasteiger partial charge in [0.2, 0.25) is 11.7 Å². The number of rotatable bonds is 6. The highest BCUT2D eigenvalue weighted by molar-refractivity contribution is 6.30. The van der Waals surface area contributed by atoms with Crippen molar-refractivity contribution >= 4 is 23.2 Å². The van der Waals surface area contributed by atoms with E-state index in [-0.39, 0.29) is 5.75 Å². The van der Waals surface area contributed by atoms with E-state index < -0.39 is 5.56 Å². The van der Waals surface area contributed by atoms with E-state index in [4.69, 9.17) is 21.1 Å². The maximum absolute atomic E-state index is 12.2. The smallest absolute Gasteiger partial charge is 0.316 e. The van der Waals surface area contributed by atoms with Gasteiger partial charge in [0.1, 0.15) is 5.75 Å². The summed E-state index contributed by atoms with van der Waals surface area (Å²) < 4.78 is 12.2. The van der Waals surface area contributed by atoms with Gasteiger partial charge in [-0.25, -0.2) is 0 Å². The second-order valence-electron chi connectivity index (χ2n) is 6.00. The van der Waals surface area contributed by atoms with Crippen molar-refractivity contribution in [2.45, 2.75) is 13.5 Å². The first-order valence-electron chi connectivity index (χ1n) is 8.31. The second-order valence-corrected chi connectivity index (χ2v) is 6.44. The fourth-order valence-electron chi connectivity index (χ4n) is 2.69. The number of hydrogen-bond donors (Lipinski definition) is 1. The molecule has 0 spiro atoms. The molecule has 0 bridgehead atoms. The van der Waals surface area contributed by atoms with Crippen LogP contribution in [0, 0.1) is 6.92 Å². The summed E-state index contributed by atoms with van der Waals surface area (Å²) in [5.74, 6) is 1.35. The van der Waals surface area contributed by atoms with Crippen LogP contribution in [0.15, 0.2) is 53.5 Å². The van der Waals surface area contributed by atoms with Crippen LogP contribution in [0.2, 0.25) is 5.02 Å². The van der Waals surface area contributed by atoms with Gasteiger partial charge in [-0.15, -0.1) is 0 Å². The van der Waals surface area contributed by atoms with Crippen molar-refractivity contribution < 1.29 is 9.47 Å². The predicted octanol–water partition coefficient (Wildman–Crippen LogP) is 4.01. The van der Waals surface area contributed by atoms with Gasteiger partial charge in [-0.05, 0) is 48.4 Å². The van der Waals surface area contributed by atoms with E-state index in [0.717, 1.165) is 22.6 Å². The normalized spacial score (nSPS) is 10.5. The van der Waals surface area contributed by atoms with Gasteiger partial charge in [0.15, 0.2) is 0 Å². The summed E-state index contributed by atoms with van der Waals surface area (Å²) in [6, 6.07) is 13.2.